The van der Waals surface area contributed by atoms with Crippen LogP contribution in [0.2, 0.25) is 0 Å². The van der Waals surface area contributed by atoms with E-state index in [4.69, 9.17) is 4.74 Å². The molecule has 1 aliphatic heterocycles. The minimum Gasteiger partial charge on any atom is -0.490 e. The van der Waals surface area contributed by atoms with Gasteiger partial charge in [-0.25, -0.2) is 4.68 Å². The smallest absolute Gasteiger partial charge is 0.136 e. The Kier molecular flexibility index (Phi) is 4.74. The van der Waals surface area contributed by atoms with Gasteiger partial charge in [-0.2, -0.15) is 0 Å². The number of ether oxygens (including phenoxy) is 1. The monoisotopic (exact) mass is 394 g/mol. The van der Waals surface area contributed by atoms with Crippen molar-refractivity contribution in [2.75, 3.05) is 26.2 Å². The van der Waals surface area contributed by atoms with Gasteiger partial charge in [0.05, 0.1) is 9.99 Å². The summed E-state index contributed by atoms with van der Waals surface area (Å²) in [5.41, 5.74) is 1.85. The van der Waals surface area contributed by atoms with Crippen molar-refractivity contribution in [2.24, 2.45) is 5.92 Å². The predicted molar refractivity (Wildman–Crippen MR) is 95.1 cm³/mol. The Morgan fingerprint density at radius 2 is 2.08 bits per heavy atom. The van der Waals surface area contributed by atoms with E-state index >= 15 is 0 Å². The number of aliphatic hydroxyl groups excluding tert-OH is 1. The third-order valence-corrected chi connectivity index (χ3v) is 5.58. The summed E-state index contributed by atoms with van der Waals surface area (Å²) in [6, 6.07) is 3.94. The topological polar surface area (TPSA) is 63.4 Å². The van der Waals surface area contributed by atoms with Gasteiger partial charge in [-0.15, -0.1) is 5.10 Å². The number of likely N-dealkylation sites (tertiary alicyclic amines) is 1. The number of fused-ring (bicyclic) bond motifs is 1. The maximum absolute atomic E-state index is 10.2. The average Bonchev–Trinajstić information content (AvgIpc) is 3.06. The van der Waals surface area contributed by atoms with Crippen molar-refractivity contribution in [1.82, 2.24) is 19.9 Å². The molecule has 130 valence electrons. The number of hydrogen-bond acceptors (Lipinski definition) is 5. The molecule has 4 rings (SSSR count). The summed E-state index contributed by atoms with van der Waals surface area (Å²) >= 11 is 3.58. The molecule has 2 fully saturated rings. The lowest BCUT2D eigenvalue weighted by molar-refractivity contribution is 0.0756. The van der Waals surface area contributed by atoms with Crippen molar-refractivity contribution in [1.29, 1.82) is 0 Å². The van der Waals surface area contributed by atoms with Crippen LogP contribution in [-0.4, -0.2) is 57.3 Å². The summed E-state index contributed by atoms with van der Waals surface area (Å²) in [5, 5.41) is 18.7. The van der Waals surface area contributed by atoms with Gasteiger partial charge in [-0.3, -0.25) is 0 Å². The van der Waals surface area contributed by atoms with E-state index in [1.54, 1.807) is 0 Å². The summed E-state index contributed by atoms with van der Waals surface area (Å²) in [4.78, 5) is 2.29. The van der Waals surface area contributed by atoms with E-state index in [-0.39, 0.29) is 6.61 Å². The van der Waals surface area contributed by atoms with Crippen LogP contribution in [0.1, 0.15) is 25.7 Å². The van der Waals surface area contributed by atoms with Crippen LogP contribution in [-0.2, 0) is 6.54 Å². The van der Waals surface area contributed by atoms with Crippen LogP contribution < -0.4 is 4.74 Å². The van der Waals surface area contributed by atoms with Crippen molar-refractivity contribution < 1.29 is 9.84 Å². The maximum Gasteiger partial charge on any atom is 0.136 e. The Labute approximate surface area is 149 Å². The summed E-state index contributed by atoms with van der Waals surface area (Å²) in [6.07, 6.45) is 4.56. The first-order chi connectivity index (χ1) is 11.7. The average molecular weight is 395 g/mol. The molecular weight excluding hydrogens is 372 g/mol. The number of rotatable bonds is 7. The minimum atomic E-state index is -0.476. The fourth-order valence-corrected chi connectivity index (χ4v) is 3.81. The Bertz CT molecular complexity index is 710. The van der Waals surface area contributed by atoms with Crippen LogP contribution >= 0.6 is 15.9 Å². The van der Waals surface area contributed by atoms with Crippen LogP contribution in [0.25, 0.3) is 11.0 Å². The summed E-state index contributed by atoms with van der Waals surface area (Å²) < 4.78 is 8.61. The third kappa shape index (κ3) is 3.58. The van der Waals surface area contributed by atoms with Gasteiger partial charge in [0.15, 0.2) is 0 Å². The van der Waals surface area contributed by atoms with E-state index in [1.807, 2.05) is 16.8 Å². The molecule has 1 aromatic carbocycles. The highest BCUT2D eigenvalue weighted by atomic mass is 79.9. The zero-order chi connectivity index (χ0) is 16.5. The summed E-state index contributed by atoms with van der Waals surface area (Å²) in [6.45, 7) is 4.07. The molecule has 1 saturated carbocycles. The van der Waals surface area contributed by atoms with E-state index in [1.165, 1.54) is 25.7 Å². The van der Waals surface area contributed by atoms with Crippen LogP contribution in [0.3, 0.4) is 0 Å². The van der Waals surface area contributed by atoms with Crippen molar-refractivity contribution in [3.8, 4) is 5.75 Å². The van der Waals surface area contributed by atoms with Gasteiger partial charge in [0.2, 0.25) is 0 Å². The van der Waals surface area contributed by atoms with E-state index in [2.05, 4.69) is 31.1 Å². The zero-order valence-electron chi connectivity index (χ0n) is 13.7. The van der Waals surface area contributed by atoms with Crippen molar-refractivity contribution in [3.05, 3.63) is 16.6 Å². The predicted octanol–water partition coefficient (Wildman–Crippen LogP) is 2.44. The van der Waals surface area contributed by atoms with E-state index in [0.717, 1.165) is 41.1 Å². The molecule has 2 heterocycles. The van der Waals surface area contributed by atoms with Gasteiger partial charge in [0, 0.05) is 13.1 Å². The second-order valence-electron chi connectivity index (χ2n) is 6.93. The van der Waals surface area contributed by atoms with Gasteiger partial charge in [-0.1, -0.05) is 5.21 Å². The molecule has 1 N–H and O–H groups in total. The molecule has 0 radical (unpaired) electrons. The van der Waals surface area contributed by atoms with Crippen LogP contribution in [0.15, 0.2) is 16.6 Å². The minimum absolute atomic E-state index is 0.289. The first-order valence-electron chi connectivity index (χ1n) is 8.75. The molecule has 1 aliphatic carbocycles. The summed E-state index contributed by atoms with van der Waals surface area (Å²) in [7, 11) is 0. The first kappa shape index (κ1) is 16.3. The molecule has 1 aromatic heterocycles. The molecular formula is C17H23BrN4O2. The lowest BCUT2D eigenvalue weighted by Gasteiger charge is -2.19. The van der Waals surface area contributed by atoms with Crippen LogP contribution in [0.5, 0.6) is 5.75 Å². The molecule has 0 amide bonds. The van der Waals surface area contributed by atoms with Gasteiger partial charge in [0.25, 0.3) is 0 Å². The Hall–Kier alpha value is -1.18. The first-order valence-corrected chi connectivity index (χ1v) is 9.55. The molecule has 0 spiro atoms. The lowest BCUT2D eigenvalue weighted by atomic mass is 10.3. The van der Waals surface area contributed by atoms with E-state index in [0.29, 0.717) is 12.3 Å². The fourth-order valence-electron chi connectivity index (χ4n) is 3.28. The van der Waals surface area contributed by atoms with Crippen molar-refractivity contribution in [3.63, 3.8) is 0 Å². The van der Waals surface area contributed by atoms with Gasteiger partial charge in [0.1, 0.15) is 24.0 Å². The summed E-state index contributed by atoms with van der Waals surface area (Å²) in [5.74, 6) is 1.46. The number of aromatic nitrogens is 3. The van der Waals surface area contributed by atoms with Gasteiger partial charge in [-0.05, 0) is 72.8 Å². The van der Waals surface area contributed by atoms with E-state index in [9.17, 15) is 5.11 Å². The Morgan fingerprint density at radius 1 is 1.29 bits per heavy atom. The molecule has 6 nitrogen and oxygen atoms in total. The quantitative estimate of drug-likeness (QED) is 0.781. The Morgan fingerprint density at radius 3 is 2.83 bits per heavy atom. The second-order valence-corrected chi connectivity index (χ2v) is 7.73. The fraction of sp³-hybridized carbons (Fsp3) is 0.647. The molecule has 2 aliphatic rings. The number of benzene rings is 1. The molecule has 1 saturated heterocycles. The SMILES string of the molecule is OC(COc1ccc2c(nnn2CC2CC2)c1Br)CN1CCCC1. The lowest BCUT2D eigenvalue weighted by Crippen LogP contribution is -2.33. The van der Waals surface area contributed by atoms with Gasteiger partial charge >= 0.3 is 0 Å². The number of halogens is 1. The highest BCUT2D eigenvalue weighted by Crippen LogP contribution is 2.34. The molecule has 1 atom stereocenters. The molecule has 0 bridgehead atoms. The zero-order valence-corrected chi connectivity index (χ0v) is 15.3. The highest BCUT2D eigenvalue weighted by Gasteiger charge is 2.24. The van der Waals surface area contributed by atoms with E-state index < -0.39 is 6.10 Å². The number of nitrogens with zero attached hydrogens (tertiary/aromatic N) is 4. The number of hydrogen-bond donors (Lipinski definition) is 1. The van der Waals surface area contributed by atoms with Crippen molar-refractivity contribution in [2.45, 2.75) is 38.3 Å². The third-order valence-electron chi connectivity index (χ3n) is 4.82. The maximum atomic E-state index is 10.2. The van der Waals surface area contributed by atoms with Crippen molar-refractivity contribution >= 4 is 27.0 Å². The highest BCUT2D eigenvalue weighted by molar-refractivity contribution is 9.10. The molecule has 1 unspecified atom stereocenters. The normalized spacial score (nSPS) is 19.9. The van der Waals surface area contributed by atoms with Crippen LogP contribution in [0.4, 0.5) is 0 Å². The molecule has 24 heavy (non-hydrogen) atoms. The molecule has 2 aromatic rings. The largest absolute Gasteiger partial charge is 0.490 e. The number of aliphatic hydroxyl groups is 1. The van der Waals surface area contributed by atoms with Gasteiger partial charge < -0.3 is 14.7 Å². The second kappa shape index (κ2) is 6.98. The number of β-amino-alcohol motifs (C(OH)–C–C–N with tert-alkyl or cyclic N) is 1. The van der Waals surface area contributed by atoms with Crippen LogP contribution in [0, 0.1) is 5.92 Å². The Balaban J connectivity index is 1.41. The molecule has 7 heteroatoms. The standard InChI is InChI=1S/C17H23BrN4O2/c18-16-15(24-11-13(23)10-21-7-1-2-8-21)6-5-14-17(16)19-20-22(14)9-12-3-4-12/h5-6,12-13,23H,1-4,7-11H2.